The van der Waals surface area contributed by atoms with Crippen molar-refractivity contribution in [3.05, 3.63) is 65.2 Å². The Morgan fingerprint density at radius 3 is 2.36 bits per heavy atom. The number of unbranched alkanes of at least 4 members (excludes halogenated alkanes) is 3. The second kappa shape index (κ2) is 8.38. The molecule has 0 bridgehead atoms. The van der Waals surface area contributed by atoms with Crippen LogP contribution < -0.4 is 5.32 Å². The van der Waals surface area contributed by atoms with Crippen molar-refractivity contribution in [1.29, 1.82) is 0 Å². The van der Waals surface area contributed by atoms with Crippen molar-refractivity contribution in [2.75, 3.05) is 5.32 Å². The van der Waals surface area contributed by atoms with Crippen molar-refractivity contribution in [3.63, 3.8) is 0 Å². The summed E-state index contributed by atoms with van der Waals surface area (Å²) < 4.78 is 0. The molecule has 0 heterocycles. The van der Waals surface area contributed by atoms with Crippen molar-refractivity contribution in [2.24, 2.45) is 0 Å². The first-order valence-corrected chi connectivity index (χ1v) is 8.16. The zero-order chi connectivity index (χ0) is 15.8. The van der Waals surface area contributed by atoms with E-state index in [0.717, 1.165) is 23.2 Å². The lowest BCUT2D eigenvalue weighted by Crippen LogP contribution is -2.13. The predicted molar refractivity (Wildman–Crippen MR) is 93.4 cm³/mol. The number of carbonyl (C=O) groups excluding carboxylic acids is 1. The van der Waals surface area contributed by atoms with E-state index in [0.29, 0.717) is 0 Å². The van der Waals surface area contributed by atoms with Crippen LogP contribution in [0.25, 0.3) is 0 Å². The highest BCUT2D eigenvalue weighted by atomic mass is 16.1. The van der Waals surface area contributed by atoms with Gasteiger partial charge in [0.2, 0.25) is 0 Å². The summed E-state index contributed by atoms with van der Waals surface area (Å²) in [5.41, 5.74) is 3.91. The number of rotatable bonds is 7. The molecule has 0 aliphatic carbocycles. The summed E-state index contributed by atoms with van der Waals surface area (Å²) in [5, 5.41) is 2.96. The first-order valence-electron chi connectivity index (χ1n) is 8.16. The molecule has 0 saturated carbocycles. The van der Waals surface area contributed by atoms with Gasteiger partial charge in [-0.3, -0.25) is 4.79 Å². The first-order chi connectivity index (χ1) is 10.7. The summed E-state index contributed by atoms with van der Waals surface area (Å²) in [6.45, 7) is 4.18. The average Bonchev–Trinajstić information content (AvgIpc) is 2.53. The molecule has 2 nitrogen and oxygen atoms in total. The maximum absolute atomic E-state index is 12.3. The number of hydrogen-bond acceptors (Lipinski definition) is 1. The maximum atomic E-state index is 12.3. The van der Waals surface area contributed by atoms with E-state index in [-0.39, 0.29) is 5.91 Å². The molecule has 0 radical (unpaired) electrons. The van der Waals surface area contributed by atoms with Crippen molar-refractivity contribution in [1.82, 2.24) is 0 Å². The SMILES string of the molecule is CCCCCCc1ccc(NC(=O)c2ccccc2C)cc1. The molecule has 0 aromatic heterocycles. The number of carbonyl (C=O) groups is 1. The molecule has 2 rings (SSSR count). The van der Waals surface area contributed by atoms with E-state index in [9.17, 15) is 4.79 Å². The van der Waals surface area contributed by atoms with E-state index in [1.807, 2.05) is 43.3 Å². The van der Waals surface area contributed by atoms with Gasteiger partial charge >= 0.3 is 0 Å². The van der Waals surface area contributed by atoms with E-state index in [1.54, 1.807) is 0 Å². The minimum Gasteiger partial charge on any atom is -0.322 e. The molecule has 0 spiro atoms. The summed E-state index contributed by atoms with van der Waals surface area (Å²) in [6, 6.07) is 15.8. The Labute approximate surface area is 133 Å². The van der Waals surface area contributed by atoms with Crippen LogP contribution in [0.4, 0.5) is 5.69 Å². The maximum Gasteiger partial charge on any atom is 0.255 e. The van der Waals surface area contributed by atoms with Crippen LogP contribution in [-0.4, -0.2) is 5.91 Å². The van der Waals surface area contributed by atoms with Crippen molar-refractivity contribution in [3.8, 4) is 0 Å². The van der Waals surface area contributed by atoms with Gasteiger partial charge in [0.25, 0.3) is 5.91 Å². The number of amides is 1. The normalized spacial score (nSPS) is 10.5. The van der Waals surface area contributed by atoms with Gasteiger partial charge < -0.3 is 5.32 Å². The quantitative estimate of drug-likeness (QED) is 0.683. The van der Waals surface area contributed by atoms with E-state index in [4.69, 9.17) is 0 Å². The number of hydrogen-bond donors (Lipinski definition) is 1. The number of nitrogens with one attached hydrogen (secondary N) is 1. The molecule has 2 aromatic rings. The number of benzene rings is 2. The molecule has 1 amide bonds. The Morgan fingerprint density at radius 1 is 0.955 bits per heavy atom. The average molecular weight is 295 g/mol. The van der Waals surface area contributed by atoms with Crippen LogP contribution in [0.5, 0.6) is 0 Å². The highest BCUT2D eigenvalue weighted by Gasteiger charge is 2.08. The number of aryl methyl sites for hydroxylation is 2. The Morgan fingerprint density at radius 2 is 1.68 bits per heavy atom. The molecule has 0 aliphatic heterocycles. The summed E-state index contributed by atoms with van der Waals surface area (Å²) in [4.78, 5) is 12.3. The standard InChI is InChI=1S/C20H25NO/c1-3-4-5-6-10-17-12-14-18(15-13-17)21-20(22)19-11-8-7-9-16(19)2/h7-9,11-15H,3-6,10H2,1-2H3,(H,21,22). The van der Waals surface area contributed by atoms with Gasteiger partial charge in [-0.25, -0.2) is 0 Å². The fourth-order valence-corrected chi connectivity index (χ4v) is 2.54. The second-order valence-corrected chi connectivity index (χ2v) is 5.78. The second-order valence-electron chi connectivity index (χ2n) is 5.78. The van der Waals surface area contributed by atoms with Gasteiger partial charge in [0.05, 0.1) is 0 Å². The van der Waals surface area contributed by atoms with Gasteiger partial charge in [0.1, 0.15) is 0 Å². The summed E-state index contributed by atoms with van der Waals surface area (Å²) in [7, 11) is 0. The van der Waals surface area contributed by atoms with E-state index >= 15 is 0 Å². The molecule has 0 unspecified atom stereocenters. The molecule has 116 valence electrons. The van der Waals surface area contributed by atoms with Crippen LogP contribution in [0, 0.1) is 6.92 Å². The summed E-state index contributed by atoms with van der Waals surface area (Å²) >= 11 is 0. The zero-order valence-electron chi connectivity index (χ0n) is 13.6. The molecule has 2 heteroatoms. The highest BCUT2D eigenvalue weighted by Crippen LogP contribution is 2.15. The largest absolute Gasteiger partial charge is 0.322 e. The minimum absolute atomic E-state index is 0.0474. The molecular formula is C20H25NO. The fraction of sp³-hybridized carbons (Fsp3) is 0.350. The molecule has 1 N–H and O–H groups in total. The van der Waals surface area contributed by atoms with Crippen LogP contribution in [0.2, 0.25) is 0 Å². The van der Waals surface area contributed by atoms with Gasteiger partial charge in [-0.1, -0.05) is 56.5 Å². The Bertz CT molecular complexity index is 601. The predicted octanol–water partition coefficient (Wildman–Crippen LogP) is 5.37. The Kier molecular flexibility index (Phi) is 6.20. The van der Waals surface area contributed by atoms with Crippen molar-refractivity contribution in [2.45, 2.75) is 46.0 Å². The van der Waals surface area contributed by atoms with Gasteiger partial charge in [-0.05, 0) is 49.1 Å². The van der Waals surface area contributed by atoms with Gasteiger partial charge in [-0.15, -0.1) is 0 Å². The Balaban J connectivity index is 1.91. The molecule has 0 atom stereocenters. The fourth-order valence-electron chi connectivity index (χ4n) is 2.54. The molecule has 0 saturated heterocycles. The lowest BCUT2D eigenvalue weighted by Gasteiger charge is -2.08. The molecular weight excluding hydrogens is 270 g/mol. The van der Waals surface area contributed by atoms with Crippen LogP contribution in [-0.2, 0) is 6.42 Å². The monoisotopic (exact) mass is 295 g/mol. The smallest absolute Gasteiger partial charge is 0.255 e. The zero-order valence-corrected chi connectivity index (χ0v) is 13.6. The third kappa shape index (κ3) is 4.73. The van der Waals surface area contributed by atoms with Gasteiger partial charge in [-0.2, -0.15) is 0 Å². The summed E-state index contributed by atoms with van der Waals surface area (Å²) in [5.74, 6) is -0.0474. The van der Waals surface area contributed by atoms with E-state index < -0.39 is 0 Å². The van der Waals surface area contributed by atoms with Crippen molar-refractivity contribution >= 4 is 11.6 Å². The lowest BCUT2D eigenvalue weighted by atomic mass is 10.1. The minimum atomic E-state index is -0.0474. The van der Waals surface area contributed by atoms with Crippen molar-refractivity contribution < 1.29 is 4.79 Å². The molecule has 0 aliphatic rings. The van der Waals surface area contributed by atoms with Crippen LogP contribution >= 0.6 is 0 Å². The van der Waals surface area contributed by atoms with Crippen LogP contribution in [0.3, 0.4) is 0 Å². The third-order valence-electron chi connectivity index (χ3n) is 3.92. The van der Waals surface area contributed by atoms with Gasteiger partial charge in [0, 0.05) is 11.3 Å². The van der Waals surface area contributed by atoms with E-state index in [1.165, 1.54) is 31.2 Å². The summed E-state index contributed by atoms with van der Waals surface area (Å²) in [6.07, 6.45) is 6.23. The molecule has 22 heavy (non-hydrogen) atoms. The highest BCUT2D eigenvalue weighted by molar-refractivity contribution is 6.05. The molecule has 0 fully saturated rings. The number of anilines is 1. The van der Waals surface area contributed by atoms with Crippen LogP contribution in [0.1, 0.15) is 54.1 Å². The third-order valence-corrected chi connectivity index (χ3v) is 3.92. The molecule has 2 aromatic carbocycles. The van der Waals surface area contributed by atoms with Gasteiger partial charge in [0.15, 0.2) is 0 Å². The Hall–Kier alpha value is -2.09. The lowest BCUT2D eigenvalue weighted by molar-refractivity contribution is 0.102. The van der Waals surface area contributed by atoms with E-state index in [2.05, 4.69) is 24.4 Å². The van der Waals surface area contributed by atoms with Crippen LogP contribution in [0.15, 0.2) is 48.5 Å². The first kappa shape index (κ1) is 16.3. The topological polar surface area (TPSA) is 29.1 Å².